The van der Waals surface area contributed by atoms with Crippen molar-refractivity contribution in [3.63, 3.8) is 0 Å². The minimum absolute atomic E-state index is 0.0203. The van der Waals surface area contributed by atoms with Crippen molar-refractivity contribution in [3.05, 3.63) is 46.3 Å². The van der Waals surface area contributed by atoms with Gasteiger partial charge in [-0.05, 0) is 75.6 Å². The first-order chi connectivity index (χ1) is 17.0. The minimum atomic E-state index is 0.0203. The van der Waals surface area contributed by atoms with Crippen LogP contribution in [0.3, 0.4) is 0 Å². The molecule has 0 bridgehead atoms. The molecule has 3 heterocycles. The molecule has 5 rings (SSSR count). The molecule has 0 radical (unpaired) electrons. The lowest BCUT2D eigenvalue weighted by Gasteiger charge is -2.37. The average Bonchev–Trinajstić information content (AvgIpc) is 3.49. The van der Waals surface area contributed by atoms with Gasteiger partial charge in [0, 0.05) is 56.2 Å². The summed E-state index contributed by atoms with van der Waals surface area (Å²) >= 11 is 0. The van der Waals surface area contributed by atoms with Gasteiger partial charge in [0.05, 0.1) is 0 Å². The van der Waals surface area contributed by atoms with Crippen molar-refractivity contribution in [1.82, 2.24) is 19.6 Å². The van der Waals surface area contributed by atoms with Crippen LogP contribution < -0.4 is 10.6 Å². The Morgan fingerprint density at radius 1 is 1.00 bits per heavy atom. The fourth-order valence-corrected chi connectivity index (χ4v) is 5.84. The van der Waals surface area contributed by atoms with E-state index in [9.17, 15) is 9.59 Å². The summed E-state index contributed by atoms with van der Waals surface area (Å²) in [4.78, 5) is 32.8. The van der Waals surface area contributed by atoms with Gasteiger partial charge >= 0.3 is 0 Å². The molecule has 0 atom stereocenters. The molecule has 0 unspecified atom stereocenters. The Labute approximate surface area is 208 Å². The van der Waals surface area contributed by atoms with E-state index in [4.69, 9.17) is 10.8 Å². The maximum absolute atomic E-state index is 13.3. The Morgan fingerprint density at radius 2 is 1.74 bits per heavy atom. The van der Waals surface area contributed by atoms with Gasteiger partial charge in [-0.2, -0.15) is 5.10 Å². The number of likely N-dealkylation sites (tertiary alicyclic amines) is 1. The second-order valence-electron chi connectivity index (χ2n) is 10.3. The first kappa shape index (κ1) is 23.9. The molecule has 1 aromatic heterocycles. The van der Waals surface area contributed by atoms with E-state index < -0.39 is 0 Å². The monoisotopic (exact) mass is 478 g/mol. The Balaban J connectivity index is 1.23. The second-order valence-corrected chi connectivity index (χ2v) is 10.3. The summed E-state index contributed by atoms with van der Waals surface area (Å²) in [5.74, 6) is 0.618. The summed E-state index contributed by atoms with van der Waals surface area (Å²) in [5.41, 5.74) is 12.4. The van der Waals surface area contributed by atoms with Gasteiger partial charge in [0.25, 0.3) is 5.91 Å². The van der Waals surface area contributed by atoms with E-state index in [1.807, 2.05) is 14.5 Å². The van der Waals surface area contributed by atoms with Gasteiger partial charge in [0.1, 0.15) is 6.54 Å². The number of piperidine rings is 1. The van der Waals surface area contributed by atoms with E-state index in [1.54, 1.807) is 0 Å². The number of anilines is 1. The number of nitrogens with zero attached hydrogens (tertiary/aromatic N) is 5. The van der Waals surface area contributed by atoms with E-state index in [1.165, 1.54) is 16.8 Å². The second kappa shape index (κ2) is 10.0. The van der Waals surface area contributed by atoms with Crippen LogP contribution in [0.4, 0.5) is 5.69 Å². The topological polar surface area (TPSA) is 87.7 Å². The molecule has 3 aliphatic rings. The van der Waals surface area contributed by atoms with Gasteiger partial charge in [-0.25, -0.2) is 0 Å². The molecule has 2 aromatic rings. The lowest BCUT2D eigenvalue weighted by molar-refractivity contribution is -0.132. The van der Waals surface area contributed by atoms with Crippen molar-refractivity contribution in [2.75, 3.05) is 50.7 Å². The van der Waals surface area contributed by atoms with Crippen LogP contribution in [0.5, 0.6) is 0 Å². The van der Waals surface area contributed by atoms with Gasteiger partial charge in [0.2, 0.25) is 5.91 Å². The lowest BCUT2D eigenvalue weighted by Crippen LogP contribution is -2.50. The molecule has 0 saturated carbocycles. The highest BCUT2D eigenvalue weighted by molar-refractivity contribution is 5.94. The van der Waals surface area contributed by atoms with E-state index in [-0.39, 0.29) is 18.4 Å². The Morgan fingerprint density at radius 3 is 2.46 bits per heavy atom. The zero-order valence-corrected chi connectivity index (χ0v) is 21.1. The van der Waals surface area contributed by atoms with Crippen LogP contribution in [-0.2, 0) is 24.2 Å². The van der Waals surface area contributed by atoms with Crippen LogP contribution in [0.15, 0.2) is 18.2 Å². The van der Waals surface area contributed by atoms with Gasteiger partial charge in [-0.1, -0.05) is 12.1 Å². The molecular weight excluding hydrogens is 440 g/mol. The number of aromatic nitrogens is 2. The minimum Gasteiger partial charge on any atom is -0.368 e. The zero-order valence-electron chi connectivity index (χ0n) is 21.1. The third-order valence-corrected chi connectivity index (χ3v) is 8.28. The first-order valence-corrected chi connectivity index (χ1v) is 13.1. The number of fused-ring (bicyclic) bond motifs is 1. The van der Waals surface area contributed by atoms with Crippen LogP contribution >= 0.6 is 0 Å². The van der Waals surface area contributed by atoms with Crippen molar-refractivity contribution in [1.29, 1.82) is 0 Å². The summed E-state index contributed by atoms with van der Waals surface area (Å²) in [6.45, 7) is 9.77. The average molecular weight is 479 g/mol. The summed E-state index contributed by atoms with van der Waals surface area (Å²) in [6.07, 6.45) is 4.69. The maximum Gasteiger partial charge on any atom is 0.274 e. The number of amides is 2. The van der Waals surface area contributed by atoms with Crippen molar-refractivity contribution in [3.8, 4) is 0 Å². The van der Waals surface area contributed by atoms with E-state index in [0.717, 1.165) is 69.5 Å². The molecule has 2 aliphatic heterocycles. The fraction of sp³-hybridized carbons (Fsp3) is 0.593. The molecule has 8 heteroatoms. The summed E-state index contributed by atoms with van der Waals surface area (Å²) in [6, 6.07) is 6.42. The van der Waals surface area contributed by atoms with E-state index >= 15 is 0 Å². The van der Waals surface area contributed by atoms with Gasteiger partial charge in [-0.15, -0.1) is 0 Å². The van der Waals surface area contributed by atoms with Crippen LogP contribution in [-0.4, -0.2) is 77.2 Å². The fourth-order valence-electron chi connectivity index (χ4n) is 5.84. The maximum atomic E-state index is 13.3. The quantitative estimate of drug-likeness (QED) is 0.712. The third-order valence-electron chi connectivity index (χ3n) is 8.28. The number of benzene rings is 1. The number of aryl methyl sites for hydroxylation is 1. The highest BCUT2D eigenvalue weighted by Gasteiger charge is 2.32. The zero-order chi connectivity index (χ0) is 24.5. The Kier molecular flexibility index (Phi) is 6.82. The van der Waals surface area contributed by atoms with Crippen molar-refractivity contribution >= 4 is 17.5 Å². The number of piperazine rings is 1. The molecule has 2 fully saturated rings. The van der Waals surface area contributed by atoms with Crippen LogP contribution in [0.2, 0.25) is 0 Å². The number of carbonyl (C=O) groups is 2. The molecular formula is C27H38N6O2. The molecule has 1 aliphatic carbocycles. The predicted octanol–water partition coefficient (Wildman–Crippen LogP) is 2.15. The molecule has 1 aromatic carbocycles. The number of nitrogens with two attached hydrogens (primary N) is 1. The van der Waals surface area contributed by atoms with E-state index in [0.29, 0.717) is 31.2 Å². The molecule has 188 valence electrons. The largest absolute Gasteiger partial charge is 0.368 e. The highest BCUT2D eigenvalue weighted by atomic mass is 16.2. The van der Waals surface area contributed by atoms with E-state index in [2.05, 4.69) is 36.9 Å². The first-order valence-electron chi connectivity index (χ1n) is 13.1. The highest BCUT2D eigenvalue weighted by Crippen LogP contribution is 2.28. The predicted molar refractivity (Wildman–Crippen MR) is 137 cm³/mol. The van der Waals surface area contributed by atoms with Crippen molar-refractivity contribution in [2.45, 2.75) is 52.5 Å². The van der Waals surface area contributed by atoms with Crippen molar-refractivity contribution < 1.29 is 9.59 Å². The Bertz CT molecular complexity index is 1090. The van der Waals surface area contributed by atoms with Gasteiger partial charge in [-0.3, -0.25) is 14.3 Å². The number of hydrogen-bond acceptors (Lipinski definition) is 5. The molecule has 2 saturated heterocycles. The van der Waals surface area contributed by atoms with Crippen molar-refractivity contribution in [2.24, 2.45) is 11.7 Å². The molecule has 2 amide bonds. The van der Waals surface area contributed by atoms with Gasteiger partial charge in [0.15, 0.2) is 5.69 Å². The molecule has 35 heavy (non-hydrogen) atoms. The SMILES string of the molecule is Cc1cccc(N2CCN(C(=O)Cn3nc(C(=O)N4CCC(CN)CC4)c4c3CCC4)CC2)c1C. The summed E-state index contributed by atoms with van der Waals surface area (Å²) < 4.78 is 1.82. The Hall–Kier alpha value is -2.87. The normalized spacial score (nSPS) is 18.8. The molecule has 0 spiro atoms. The molecule has 2 N–H and O–H groups in total. The molecule has 8 nitrogen and oxygen atoms in total. The van der Waals surface area contributed by atoms with Crippen LogP contribution in [0, 0.1) is 19.8 Å². The standard InChI is InChI=1S/C27H38N6O2/c1-19-5-3-7-23(20(19)2)30-13-15-31(16-14-30)25(34)18-33-24-8-4-6-22(24)26(29-33)27(35)32-11-9-21(17-28)10-12-32/h3,5,7,21H,4,6,8-18,28H2,1-2H3. The number of carbonyl (C=O) groups excluding carboxylic acids is 2. The third kappa shape index (κ3) is 4.68. The number of hydrogen-bond donors (Lipinski definition) is 1. The summed E-state index contributed by atoms with van der Waals surface area (Å²) in [7, 11) is 0. The summed E-state index contributed by atoms with van der Waals surface area (Å²) in [5, 5.41) is 4.71. The number of rotatable bonds is 5. The smallest absolute Gasteiger partial charge is 0.274 e. The van der Waals surface area contributed by atoms with Gasteiger partial charge < -0.3 is 20.4 Å². The van der Waals surface area contributed by atoms with Crippen LogP contribution in [0.1, 0.15) is 52.1 Å². The van der Waals surface area contributed by atoms with Crippen LogP contribution in [0.25, 0.3) is 0 Å². The lowest BCUT2D eigenvalue weighted by atomic mass is 9.97.